The van der Waals surface area contributed by atoms with Crippen molar-refractivity contribution in [3.05, 3.63) is 12.2 Å². The van der Waals surface area contributed by atoms with Crippen LogP contribution in [0.1, 0.15) is 6.92 Å². The molecule has 1 heterocycles. The van der Waals surface area contributed by atoms with Crippen LogP contribution in [0.4, 0.5) is 0 Å². The maximum Gasteiger partial charge on any atom is 0.300 e. The Morgan fingerprint density at radius 3 is 1.81 bits per heavy atom. The van der Waals surface area contributed by atoms with Gasteiger partial charge in [0, 0.05) is 26.2 Å². The third-order valence-corrected chi connectivity index (χ3v) is 0.928. The SMILES string of the molecule is CC(=O)O.COCCO.O=C1C=CC(=O)N1. The van der Waals surface area contributed by atoms with E-state index in [4.69, 9.17) is 15.0 Å². The number of carbonyl (C=O) groups is 3. The van der Waals surface area contributed by atoms with Gasteiger partial charge in [0.25, 0.3) is 17.8 Å². The number of hydrogen-bond donors (Lipinski definition) is 3. The van der Waals surface area contributed by atoms with Gasteiger partial charge in [-0.2, -0.15) is 0 Å². The van der Waals surface area contributed by atoms with Gasteiger partial charge in [-0.1, -0.05) is 0 Å². The molecule has 1 aliphatic rings. The number of ether oxygens (including phenoxy) is 1. The molecular weight excluding hydrogens is 218 g/mol. The Morgan fingerprint density at radius 2 is 1.75 bits per heavy atom. The third kappa shape index (κ3) is 18.1. The van der Waals surface area contributed by atoms with Crippen LogP contribution in [0.2, 0.25) is 0 Å². The summed E-state index contributed by atoms with van der Waals surface area (Å²) < 4.78 is 4.44. The fourth-order valence-corrected chi connectivity index (χ4v) is 0.447. The molecule has 92 valence electrons. The molecule has 0 atom stereocenters. The summed E-state index contributed by atoms with van der Waals surface area (Å²) in [6.07, 6.45) is 2.39. The van der Waals surface area contributed by atoms with E-state index in [1.807, 2.05) is 5.32 Å². The number of rotatable bonds is 2. The zero-order valence-electron chi connectivity index (χ0n) is 9.10. The number of hydrogen-bond acceptors (Lipinski definition) is 5. The van der Waals surface area contributed by atoms with Gasteiger partial charge < -0.3 is 14.9 Å². The van der Waals surface area contributed by atoms with Gasteiger partial charge in [-0.25, -0.2) is 0 Å². The highest BCUT2D eigenvalue weighted by atomic mass is 16.5. The van der Waals surface area contributed by atoms with Crippen LogP contribution in [0.3, 0.4) is 0 Å². The van der Waals surface area contributed by atoms with Crippen molar-refractivity contribution in [2.24, 2.45) is 0 Å². The molecule has 0 aromatic heterocycles. The van der Waals surface area contributed by atoms with Crippen molar-refractivity contribution < 1.29 is 29.3 Å². The predicted octanol–water partition coefficient (Wildman–Crippen LogP) is -1.08. The van der Waals surface area contributed by atoms with Crippen LogP contribution in [-0.4, -0.2) is 48.3 Å². The van der Waals surface area contributed by atoms with Crippen LogP contribution >= 0.6 is 0 Å². The second kappa shape index (κ2) is 11.3. The van der Waals surface area contributed by atoms with E-state index < -0.39 is 5.97 Å². The molecule has 0 saturated heterocycles. The fourth-order valence-electron chi connectivity index (χ4n) is 0.447. The minimum absolute atomic E-state index is 0.122. The first-order valence-electron chi connectivity index (χ1n) is 4.26. The highest BCUT2D eigenvalue weighted by molar-refractivity contribution is 6.12. The summed E-state index contributed by atoms with van der Waals surface area (Å²) in [5.74, 6) is -1.49. The second-order valence-electron chi connectivity index (χ2n) is 2.42. The molecule has 7 nitrogen and oxygen atoms in total. The van der Waals surface area contributed by atoms with Gasteiger partial charge in [-0.15, -0.1) is 0 Å². The third-order valence-electron chi connectivity index (χ3n) is 0.928. The quantitative estimate of drug-likeness (QED) is 0.522. The summed E-state index contributed by atoms with van der Waals surface area (Å²) in [7, 11) is 1.55. The number of nitrogens with one attached hydrogen (secondary N) is 1. The number of carboxylic acid groups (broad SMARTS) is 1. The molecule has 0 aromatic rings. The van der Waals surface area contributed by atoms with Crippen LogP contribution < -0.4 is 5.32 Å². The topological polar surface area (TPSA) is 113 Å². The van der Waals surface area contributed by atoms with E-state index in [0.717, 1.165) is 6.92 Å². The van der Waals surface area contributed by atoms with Gasteiger partial charge in [0.2, 0.25) is 0 Å². The number of aliphatic carboxylic acids is 1. The van der Waals surface area contributed by atoms with Crippen LogP contribution in [0.5, 0.6) is 0 Å². The average molecular weight is 233 g/mol. The Bertz CT molecular complexity index is 239. The van der Waals surface area contributed by atoms with Crippen LogP contribution in [0.25, 0.3) is 0 Å². The lowest BCUT2D eigenvalue weighted by molar-refractivity contribution is -0.134. The molecule has 0 saturated carbocycles. The molecule has 7 heteroatoms. The summed E-state index contributed by atoms with van der Waals surface area (Å²) in [6.45, 7) is 1.65. The Kier molecular flexibility index (Phi) is 11.8. The molecule has 16 heavy (non-hydrogen) atoms. The second-order valence-corrected chi connectivity index (χ2v) is 2.42. The maximum absolute atomic E-state index is 10.0. The number of carbonyl (C=O) groups excluding carboxylic acids is 2. The minimum Gasteiger partial charge on any atom is -0.481 e. The summed E-state index contributed by atoms with van der Waals surface area (Å²) in [5, 5.41) is 17.4. The monoisotopic (exact) mass is 233 g/mol. The zero-order chi connectivity index (χ0) is 13.0. The predicted molar refractivity (Wildman–Crippen MR) is 54.6 cm³/mol. The molecule has 1 aliphatic heterocycles. The van der Waals surface area contributed by atoms with Gasteiger partial charge in [-0.3, -0.25) is 19.7 Å². The Labute approximate surface area is 92.7 Å². The molecular formula is C9H15NO6. The largest absolute Gasteiger partial charge is 0.481 e. The zero-order valence-corrected chi connectivity index (χ0v) is 9.10. The van der Waals surface area contributed by atoms with Crippen molar-refractivity contribution in [3.63, 3.8) is 0 Å². The van der Waals surface area contributed by atoms with Crippen LogP contribution in [0.15, 0.2) is 12.2 Å². The van der Waals surface area contributed by atoms with Crippen molar-refractivity contribution in [1.82, 2.24) is 5.32 Å². The molecule has 0 spiro atoms. The average Bonchev–Trinajstić information content (AvgIpc) is 2.51. The van der Waals surface area contributed by atoms with Gasteiger partial charge in [0.15, 0.2) is 0 Å². The number of aliphatic hydroxyl groups is 1. The highest BCUT2D eigenvalue weighted by Crippen LogP contribution is 1.82. The number of methoxy groups -OCH3 is 1. The Hall–Kier alpha value is -1.73. The van der Waals surface area contributed by atoms with Crippen molar-refractivity contribution in [2.45, 2.75) is 6.92 Å². The number of aliphatic hydroxyl groups excluding tert-OH is 1. The van der Waals surface area contributed by atoms with E-state index in [9.17, 15) is 9.59 Å². The molecule has 0 fully saturated rings. The van der Waals surface area contributed by atoms with Crippen molar-refractivity contribution in [3.8, 4) is 0 Å². The number of carboxylic acids is 1. The molecule has 0 radical (unpaired) electrons. The van der Waals surface area contributed by atoms with Crippen molar-refractivity contribution in [1.29, 1.82) is 0 Å². The van der Waals surface area contributed by atoms with E-state index in [1.54, 1.807) is 7.11 Å². The summed E-state index contributed by atoms with van der Waals surface area (Å²) in [4.78, 5) is 29.1. The van der Waals surface area contributed by atoms with E-state index in [1.165, 1.54) is 12.2 Å². The summed E-state index contributed by atoms with van der Waals surface area (Å²) in [5.41, 5.74) is 0. The van der Waals surface area contributed by atoms with E-state index >= 15 is 0 Å². The molecule has 0 aromatic carbocycles. The van der Waals surface area contributed by atoms with Crippen LogP contribution in [-0.2, 0) is 19.1 Å². The maximum atomic E-state index is 10.0. The van der Waals surface area contributed by atoms with E-state index in [0.29, 0.717) is 6.61 Å². The summed E-state index contributed by atoms with van der Waals surface area (Å²) in [6, 6.07) is 0. The van der Waals surface area contributed by atoms with Gasteiger partial charge in [0.1, 0.15) is 0 Å². The van der Waals surface area contributed by atoms with Crippen LogP contribution in [0, 0.1) is 0 Å². The first-order valence-corrected chi connectivity index (χ1v) is 4.26. The lowest BCUT2D eigenvalue weighted by atomic mass is 10.6. The highest BCUT2D eigenvalue weighted by Gasteiger charge is 2.06. The van der Waals surface area contributed by atoms with Gasteiger partial charge in [-0.05, 0) is 0 Å². The Balaban J connectivity index is 0. The standard InChI is InChI=1S/C4H3NO2.C3H8O2.C2H4O2/c6-3-1-2-4(7)5-3;1-5-3-2-4;1-2(3)4/h1-2H,(H,5,6,7);4H,2-3H2,1H3;1H3,(H,3,4). The van der Waals surface area contributed by atoms with Gasteiger partial charge >= 0.3 is 0 Å². The first-order chi connectivity index (χ1) is 7.43. The molecule has 0 aliphatic carbocycles. The van der Waals surface area contributed by atoms with Crippen molar-refractivity contribution >= 4 is 17.8 Å². The van der Waals surface area contributed by atoms with Crippen molar-refractivity contribution in [2.75, 3.05) is 20.3 Å². The van der Waals surface area contributed by atoms with Gasteiger partial charge in [0.05, 0.1) is 13.2 Å². The number of amides is 2. The molecule has 1 rings (SSSR count). The lowest BCUT2D eigenvalue weighted by Crippen LogP contribution is -2.19. The first kappa shape index (κ1) is 16.7. The summed E-state index contributed by atoms with van der Waals surface area (Å²) >= 11 is 0. The molecule has 2 amide bonds. The van der Waals surface area contributed by atoms with E-state index in [2.05, 4.69) is 4.74 Å². The Morgan fingerprint density at radius 1 is 1.38 bits per heavy atom. The normalized spacial score (nSPS) is 11.9. The van der Waals surface area contributed by atoms with E-state index in [-0.39, 0.29) is 18.4 Å². The lowest BCUT2D eigenvalue weighted by Gasteiger charge is -1.84. The smallest absolute Gasteiger partial charge is 0.300 e. The molecule has 0 unspecified atom stereocenters. The molecule has 0 bridgehead atoms. The molecule has 3 N–H and O–H groups in total. The fraction of sp³-hybridized carbons (Fsp3) is 0.444. The minimum atomic E-state index is -0.833. The number of imide groups is 1.